The van der Waals surface area contributed by atoms with Crippen LogP contribution in [0.5, 0.6) is 0 Å². The molecule has 0 unspecified atom stereocenters. The van der Waals surface area contributed by atoms with E-state index in [1.807, 2.05) is 0 Å². The summed E-state index contributed by atoms with van der Waals surface area (Å²) in [4.78, 5) is 0. The first-order valence-corrected chi connectivity index (χ1v) is 3.46. The molecule has 0 aliphatic heterocycles. The van der Waals surface area contributed by atoms with Crippen LogP contribution in [0, 0.1) is 11.6 Å². The normalized spacial score (nSPS) is 13.0. The summed E-state index contributed by atoms with van der Waals surface area (Å²) in [5, 5.41) is 8.59. The lowest BCUT2D eigenvalue weighted by atomic mass is 10.1. The smallest absolute Gasteiger partial charge is 0.128 e. The highest BCUT2D eigenvalue weighted by Gasteiger charge is 2.10. The Kier molecular flexibility index (Phi) is 2.73. The minimum Gasteiger partial charge on any atom is -0.394 e. The average molecular weight is 173 g/mol. The van der Waals surface area contributed by atoms with Gasteiger partial charge >= 0.3 is 0 Å². The fraction of sp³-hybridized carbons (Fsp3) is 0.250. The van der Waals surface area contributed by atoms with Crippen LogP contribution in [-0.2, 0) is 0 Å². The van der Waals surface area contributed by atoms with Gasteiger partial charge in [-0.15, -0.1) is 0 Å². The minimum atomic E-state index is -0.860. The van der Waals surface area contributed by atoms with E-state index < -0.39 is 24.3 Å². The topological polar surface area (TPSA) is 46.2 Å². The van der Waals surface area contributed by atoms with Gasteiger partial charge in [-0.25, -0.2) is 8.78 Å². The summed E-state index contributed by atoms with van der Waals surface area (Å²) < 4.78 is 25.4. The molecule has 0 radical (unpaired) electrons. The molecule has 0 amide bonds. The van der Waals surface area contributed by atoms with Gasteiger partial charge in [0.15, 0.2) is 0 Å². The maximum atomic E-state index is 12.8. The second-order valence-corrected chi connectivity index (χ2v) is 2.45. The monoisotopic (exact) mass is 173 g/mol. The van der Waals surface area contributed by atoms with E-state index in [-0.39, 0.29) is 5.56 Å². The molecule has 1 aromatic rings. The standard InChI is InChI=1S/C8H9F2NO/c9-5-1-2-7(10)6(3-5)8(11)4-12/h1-3,8,12H,4,11H2/t8-/m1/s1. The third-order valence-corrected chi connectivity index (χ3v) is 1.55. The lowest BCUT2D eigenvalue weighted by Crippen LogP contribution is -2.16. The Hall–Kier alpha value is -1.00. The van der Waals surface area contributed by atoms with Crippen molar-refractivity contribution in [1.29, 1.82) is 0 Å². The molecule has 2 nitrogen and oxygen atoms in total. The van der Waals surface area contributed by atoms with Gasteiger partial charge in [-0.3, -0.25) is 0 Å². The van der Waals surface area contributed by atoms with Crippen LogP contribution >= 0.6 is 0 Å². The number of aliphatic hydroxyl groups is 1. The molecule has 0 heterocycles. The number of aliphatic hydroxyl groups excluding tert-OH is 1. The maximum absolute atomic E-state index is 12.8. The maximum Gasteiger partial charge on any atom is 0.128 e. The van der Waals surface area contributed by atoms with Gasteiger partial charge in [-0.05, 0) is 18.2 Å². The first kappa shape index (κ1) is 9.09. The predicted molar refractivity (Wildman–Crippen MR) is 40.4 cm³/mol. The van der Waals surface area contributed by atoms with Gasteiger partial charge in [-0.2, -0.15) is 0 Å². The number of nitrogens with two attached hydrogens (primary N) is 1. The molecule has 1 aromatic carbocycles. The SMILES string of the molecule is N[C@H](CO)c1cc(F)ccc1F. The van der Waals surface area contributed by atoms with Gasteiger partial charge < -0.3 is 10.8 Å². The molecule has 0 fully saturated rings. The fourth-order valence-electron chi connectivity index (χ4n) is 0.897. The quantitative estimate of drug-likeness (QED) is 0.699. The lowest BCUT2D eigenvalue weighted by Gasteiger charge is -2.08. The summed E-state index contributed by atoms with van der Waals surface area (Å²) in [5.41, 5.74) is 5.30. The Morgan fingerprint density at radius 1 is 1.42 bits per heavy atom. The Labute approximate surface area is 68.6 Å². The molecule has 0 saturated heterocycles. The van der Waals surface area contributed by atoms with E-state index in [9.17, 15) is 8.78 Å². The third kappa shape index (κ3) is 1.78. The van der Waals surface area contributed by atoms with Crippen molar-refractivity contribution in [3.8, 4) is 0 Å². The van der Waals surface area contributed by atoms with Crippen molar-refractivity contribution >= 4 is 0 Å². The molecule has 3 N–H and O–H groups in total. The van der Waals surface area contributed by atoms with Crippen LogP contribution in [0.25, 0.3) is 0 Å². The van der Waals surface area contributed by atoms with Crippen molar-refractivity contribution in [3.63, 3.8) is 0 Å². The molecular weight excluding hydrogens is 164 g/mol. The van der Waals surface area contributed by atoms with Crippen molar-refractivity contribution in [2.75, 3.05) is 6.61 Å². The van der Waals surface area contributed by atoms with Gasteiger partial charge in [0, 0.05) is 5.56 Å². The van der Waals surface area contributed by atoms with Crippen LogP contribution in [0.4, 0.5) is 8.78 Å². The van der Waals surface area contributed by atoms with Crippen LogP contribution in [0.2, 0.25) is 0 Å². The van der Waals surface area contributed by atoms with Crippen molar-refractivity contribution in [2.45, 2.75) is 6.04 Å². The lowest BCUT2D eigenvalue weighted by molar-refractivity contribution is 0.265. The van der Waals surface area contributed by atoms with Crippen LogP contribution < -0.4 is 5.73 Å². The number of rotatable bonds is 2. The van der Waals surface area contributed by atoms with E-state index in [1.165, 1.54) is 0 Å². The van der Waals surface area contributed by atoms with E-state index in [1.54, 1.807) is 0 Å². The molecule has 66 valence electrons. The zero-order valence-corrected chi connectivity index (χ0v) is 6.30. The van der Waals surface area contributed by atoms with E-state index in [4.69, 9.17) is 10.8 Å². The van der Waals surface area contributed by atoms with Gasteiger partial charge in [0.05, 0.1) is 12.6 Å². The molecular formula is C8H9F2NO. The highest BCUT2D eigenvalue weighted by molar-refractivity contribution is 5.21. The summed E-state index contributed by atoms with van der Waals surface area (Å²) in [5.74, 6) is -1.16. The van der Waals surface area contributed by atoms with E-state index in [0.29, 0.717) is 0 Å². The molecule has 1 atom stereocenters. The summed E-state index contributed by atoms with van der Waals surface area (Å²) >= 11 is 0. The van der Waals surface area contributed by atoms with Crippen molar-refractivity contribution in [3.05, 3.63) is 35.4 Å². The second kappa shape index (κ2) is 3.60. The molecule has 0 bridgehead atoms. The van der Waals surface area contributed by atoms with Gasteiger partial charge in [0.1, 0.15) is 11.6 Å². The minimum absolute atomic E-state index is 0.00231. The zero-order chi connectivity index (χ0) is 9.14. The van der Waals surface area contributed by atoms with Crippen LogP contribution in [0.3, 0.4) is 0 Å². The largest absolute Gasteiger partial charge is 0.394 e. The van der Waals surface area contributed by atoms with E-state index in [0.717, 1.165) is 18.2 Å². The Balaban J connectivity index is 3.04. The first-order valence-electron chi connectivity index (χ1n) is 3.46. The van der Waals surface area contributed by atoms with Crippen molar-refractivity contribution in [2.24, 2.45) is 5.73 Å². The predicted octanol–water partition coefficient (Wildman–Crippen LogP) is 0.957. The van der Waals surface area contributed by atoms with Crippen molar-refractivity contribution < 1.29 is 13.9 Å². The molecule has 1 rings (SSSR count). The van der Waals surface area contributed by atoms with Gasteiger partial charge in [0.25, 0.3) is 0 Å². The summed E-state index contributed by atoms with van der Waals surface area (Å²) in [7, 11) is 0. The molecule has 0 aliphatic carbocycles. The molecule has 0 saturated carbocycles. The highest BCUT2D eigenvalue weighted by Crippen LogP contribution is 2.15. The number of benzene rings is 1. The Bertz CT molecular complexity index is 278. The molecule has 4 heteroatoms. The van der Waals surface area contributed by atoms with Gasteiger partial charge in [-0.1, -0.05) is 0 Å². The third-order valence-electron chi connectivity index (χ3n) is 1.55. The number of hydrogen-bond acceptors (Lipinski definition) is 2. The summed E-state index contributed by atoms with van der Waals surface area (Å²) in [6.07, 6.45) is 0. The van der Waals surface area contributed by atoms with Crippen molar-refractivity contribution in [1.82, 2.24) is 0 Å². The molecule has 12 heavy (non-hydrogen) atoms. The van der Waals surface area contributed by atoms with Crippen LogP contribution in [0.1, 0.15) is 11.6 Å². The average Bonchev–Trinajstić information content (AvgIpc) is 2.08. The highest BCUT2D eigenvalue weighted by atomic mass is 19.1. The van der Waals surface area contributed by atoms with Crippen LogP contribution in [0.15, 0.2) is 18.2 Å². The molecule has 0 aliphatic rings. The fourth-order valence-corrected chi connectivity index (χ4v) is 0.897. The van der Waals surface area contributed by atoms with E-state index in [2.05, 4.69) is 0 Å². The Morgan fingerprint density at radius 2 is 2.08 bits per heavy atom. The number of hydrogen-bond donors (Lipinski definition) is 2. The van der Waals surface area contributed by atoms with Gasteiger partial charge in [0.2, 0.25) is 0 Å². The molecule has 0 spiro atoms. The molecule has 0 aromatic heterocycles. The van der Waals surface area contributed by atoms with Crippen LogP contribution in [-0.4, -0.2) is 11.7 Å². The summed E-state index contributed by atoms with van der Waals surface area (Å²) in [6.45, 7) is -0.402. The van der Waals surface area contributed by atoms with E-state index >= 15 is 0 Å². The first-order chi connectivity index (χ1) is 5.65. The zero-order valence-electron chi connectivity index (χ0n) is 6.30. The second-order valence-electron chi connectivity index (χ2n) is 2.45. The summed E-state index contributed by atoms with van der Waals surface area (Å²) in [6, 6.07) is 2.11. The number of halogens is 2. The Morgan fingerprint density at radius 3 is 2.67 bits per heavy atom.